The fraction of sp³-hybridized carbons (Fsp3) is 0.588. The van der Waals surface area contributed by atoms with Gasteiger partial charge in [-0.2, -0.15) is 0 Å². The molecule has 1 amide bonds. The van der Waals surface area contributed by atoms with Gasteiger partial charge in [0, 0.05) is 13.1 Å². The highest BCUT2D eigenvalue weighted by molar-refractivity contribution is 7.89. The predicted molar refractivity (Wildman–Crippen MR) is 92.4 cm³/mol. The maximum Gasteiger partial charge on any atom is 0.241 e. The first-order valence-electron chi connectivity index (χ1n) is 8.42. The third-order valence-corrected chi connectivity index (χ3v) is 5.30. The fourth-order valence-electron chi connectivity index (χ4n) is 2.64. The minimum Gasteiger partial charge on any atom is -0.491 e. The number of nitrogens with zero attached hydrogens (tertiary/aromatic N) is 1. The van der Waals surface area contributed by atoms with Gasteiger partial charge < -0.3 is 9.64 Å². The number of ether oxygens (including phenoxy) is 1. The van der Waals surface area contributed by atoms with Crippen molar-refractivity contribution in [2.24, 2.45) is 0 Å². The van der Waals surface area contributed by atoms with Crippen molar-refractivity contribution >= 4 is 15.9 Å². The molecule has 0 aliphatic carbocycles. The van der Waals surface area contributed by atoms with Crippen LogP contribution in [0.2, 0.25) is 0 Å². The molecule has 1 saturated heterocycles. The largest absolute Gasteiger partial charge is 0.491 e. The topological polar surface area (TPSA) is 75.7 Å². The van der Waals surface area contributed by atoms with Crippen LogP contribution in [-0.4, -0.2) is 45.0 Å². The molecule has 1 aliphatic heterocycles. The average molecular weight is 354 g/mol. The summed E-state index contributed by atoms with van der Waals surface area (Å²) in [6, 6.07) is 6.20. The maximum atomic E-state index is 12.3. The molecule has 0 bridgehead atoms. The summed E-state index contributed by atoms with van der Waals surface area (Å²) in [7, 11) is -3.70. The highest BCUT2D eigenvalue weighted by Gasteiger charge is 2.19. The van der Waals surface area contributed by atoms with Crippen LogP contribution >= 0.6 is 0 Å². The molecule has 24 heavy (non-hydrogen) atoms. The summed E-state index contributed by atoms with van der Waals surface area (Å²) in [6.07, 6.45) is 4.24. The lowest BCUT2D eigenvalue weighted by atomic mass is 10.2. The minimum absolute atomic E-state index is 0.0248. The number of carbonyl (C=O) groups excluding carboxylic acids is 1. The van der Waals surface area contributed by atoms with Crippen LogP contribution in [0.4, 0.5) is 0 Å². The maximum absolute atomic E-state index is 12.3. The Bertz CT molecular complexity index is 633. The van der Waals surface area contributed by atoms with E-state index >= 15 is 0 Å². The monoisotopic (exact) mass is 354 g/mol. The standard InChI is InChI=1S/C17H26N2O4S/c1-14(2)23-15-7-9-16(10-8-15)24(21,22)18-13-17(20)19-11-5-3-4-6-12-19/h7-10,14,18H,3-6,11-13H2,1-2H3. The number of hydrogen-bond acceptors (Lipinski definition) is 4. The lowest BCUT2D eigenvalue weighted by Gasteiger charge is -2.20. The Kier molecular flexibility index (Phi) is 6.62. The Hall–Kier alpha value is -1.60. The van der Waals surface area contributed by atoms with E-state index < -0.39 is 10.0 Å². The second-order valence-corrected chi connectivity index (χ2v) is 8.02. The molecule has 1 aromatic carbocycles. The van der Waals surface area contributed by atoms with Gasteiger partial charge in [-0.25, -0.2) is 13.1 Å². The molecular weight excluding hydrogens is 328 g/mol. The van der Waals surface area contributed by atoms with Crippen LogP contribution in [0.1, 0.15) is 39.5 Å². The summed E-state index contributed by atoms with van der Waals surface area (Å²) < 4.78 is 32.5. The Balaban J connectivity index is 1.93. The van der Waals surface area contributed by atoms with E-state index in [0.29, 0.717) is 18.8 Å². The third-order valence-electron chi connectivity index (χ3n) is 3.88. The van der Waals surface area contributed by atoms with E-state index in [1.54, 1.807) is 17.0 Å². The van der Waals surface area contributed by atoms with E-state index in [-0.39, 0.29) is 23.5 Å². The molecule has 0 atom stereocenters. The normalized spacial score (nSPS) is 16.0. The van der Waals surface area contributed by atoms with Gasteiger partial charge in [-0.05, 0) is 51.0 Å². The van der Waals surface area contributed by atoms with Crippen molar-refractivity contribution in [3.8, 4) is 5.75 Å². The molecule has 1 aromatic rings. The molecule has 1 N–H and O–H groups in total. The molecule has 0 spiro atoms. The molecular formula is C17H26N2O4S. The Morgan fingerprint density at radius 1 is 1.12 bits per heavy atom. The van der Waals surface area contributed by atoms with Crippen molar-refractivity contribution in [1.29, 1.82) is 0 Å². The van der Waals surface area contributed by atoms with E-state index in [1.807, 2.05) is 13.8 Å². The molecule has 0 unspecified atom stereocenters. The Morgan fingerprint density at radius 2 is 1.71 bits per heavy atom. The minimum atomic E-state index is -3.70. The van der Waals surface area contributed by atoms with Crippen LogP contribution in [0.3, 0.4) is 0 Å². The predicted octanol–water partition coefficient (Wildman–Crippen LogP) is 2.15. The summed E-state index contributed by atoms with van der Waals surface area (Å²) in [6.45, 7) is 5.03. The second-order valence-electron chi connectivity index (χ2n) is 6.26. The third kappa shape index (κ3) is 5.49. The van der Waals surface area contributed by atoms with E-state index in [4.69, 9.17) is 4.74 Å². The number of amides is 1. The first-order valence-corrected chi connectivity index (χ1v) is 9.91. The van der Waals surface area contributed by atoms with Crippen molar-refractivity contribution in [2.45, 2.75) is 50.5 Å². The smallest absolute Gasteiger partial charge is 0.241 e. The van der Waals surface area contributed by atoms with Gasteiger partial charge in [0.2, 0.25) is 15.9 Å². The number of hydrogen-bond donors (Lipinski definition) is 1. The molecule has 0 radical (unpaired) electrons. The SMILES string of the molecule is CC(C)Oc1ccc(S(=O)(=O)NCC(=O)N2CCCCCC2)cc1. The lowest BCUT2D eigenvalue weighted by molar-refractivity contribution is -0.129. The summed E-state index contributed by atoms with van der Waals surface area (Å²) in [5.74, 6) is 0.449. The molecule has 1 fully saturated rings. The van der Waals surface area contributed by atoms with Gasteiger partial charge >= 0.3 is 0 Å². The van der Waals surface area contributed by atoms with Crippen LogP contribution < -0.4 is 9.46 Å². The van der Waals surface area contributed by atoms with Crippen molar-refractivity contribution in [2.75, 3.05) is 19.6 Å². The van der Waals surface area contributed by atoms with Crippen LogP contribution in [0, 0.1) is 0 Å². The summed E-state index contributed by atoms with van der Waals surface area (Å²) in [5.41, 5.74) is 0. The van der Waals surface area contributed by atoms with Gasteiger partial charge in [0.05, 0.1) is 17.5 Å². The first kappa shape index (κ1) is 18.7. The van der Waals surface area contributed by atoms with Crippen LogP contribution in [0.25, 0.3) is 0 Å². The van der Waals surface area contributed by atoms with E-state index in [2.05, 4.69) is 4.72 Å². The molecule has 7 heteroatoms. The molecule has 1 heterocycles. The number of likely N-dealkylation sites (tertiary alicyclic amines) is 1. The summed E-state index contributed by atoms with van der Waals surface area (Å²) >= 11 is 0. The zero-order chi connectivity index (χ0) is 17.6. The average Bonchev–Trinajstić information content (AvgIpc) is 2.82. The van der Waals surface area contributed by atoms with Crippen molar-refractivity contribution in [3.63, 3.8) is 0 Å². The Morgan fingerprint density at radius 3 is 2.25 bits per heavy atom. The number of rotatable bonds is 6. The second kappa shape index (κ2) is 8.48. The van der Waals surface area contributed by atoms with Gasteiger partial charge in [-0.15, -0.1) is 0 Å². The van der Waals surface area contributed by atoms with Crippen LogP contribution in [-0.2, 0) is 14.8 Å². The molecule has 0 aromatic heterocycles. The lowest BCUT2D eigenvalue weighted by Crippen LogP contribution is -2.40. The van der Waals surface area contributed by atoms with Crippen molar-refractivity contribution in [3.05, 3.63) is 24.3 Å². The molecule has 6 nitrogen and oxygen atoms in total. The zero-order valence-electron chi connectivity index (χ0n) is 14.3. The molecule has 1 aliphatic rings. The highest BCUT2D eigenvalue weighted by Crippen LogP contribution is 2.17. The van der Waals surface area contributed by atoms with Crippen LogP contribution in [0.5, 0.6) is 5.75 Å². The number of sulfonamides is 1. The van der Waals surface area contributed by atoms with Crippen molar-refractivity contribution in [1.82, 2.24) is 9.62 Å². The van der Waals surface area contributed by atoms with Crippen molar-refractivity contribution < 1.29 is 17.9 Å². The summed E-state index contributed by atoms with van der Waals surface area (Å²) in [4.78, 5) is 14.1. The van der Waals surface area contributed by atoms with Gasteiger partial charge in [0.1, 0.15) is 5.75 Å². The summed E-state index contributed by atoms with van der Waals surface area (Å²) in [5, 5.41) is 0. The quantitative estimate of drug-likeness (QED) is 0.849. The van der Waals surface area contributed by atoms with E-state index in [0.717, 1.165) is 25.7 Å². The fourth-order valence-corrected chi connectivity index (χ4v) is 3.62. The number of carbonyl (C=O) groups is 1. The van der Waals surface area contributed by atoms with Gasteiger partial charge in [0.15, 0.2) is 0 Å². The van der Waals surface area contributed by atoms with Crippen LogP contribution in [0.15, 0.2) is 29.2 Å². The highest BCUT2D eigenvalue weighted by atomic mass is 32.2. The molecule has 134 valence electrons. The van der Waals surface area contributed by atoms with E-state index in [1.165, 1.54) is 12.1 Å². The molecule has 2 rings (SSSR count). The Labute approximate surface area is 144 Å². The van der Waals surface area contributed by atoms with Gasteiger partial charge in [-0.1, -0.05) is 12.8 Å². The molecule has 0 saturated carbocycles. The van der Waals surface area contributed by atoms with E-state index in [9.17, 15) is 13.2 Å². The number of benzene rings is 1. The van der Waals surface area contributed by atoms with Gasteiger partial charge in [-0.3, -0.25) is 4.79 Å². The number of nitrogens with one attached hydrogen (secondary N) is 1. The zero-order valence-corrected chi connectivity index (χ0v) is 15.1. The first-order chi connectivity index (χ1) is 11.4. The van der Waals surface area contributed by atoms with Gasteiger partial charge in [0.25, 0.3) is 0 Å².